The highest BCUT2D eigenvalue weighted by atomic mass is 32.2. The largest absolute Gasteiger partial charge is 0.465 e. The molecule has 1 fully saturated rings. The molecular formula is C8H9NO2S. The van der Waals surface area contributed by atoms with Crippen molar-refractivity contribution in [3.8, 4) is 6.07 Å². The van der Waals surface area contributed by atoms with E-state index in [2.05, 4.69) is 4.74 Å². The zero-order valence-corrected chi connectivity index (χ0v) is 7.61. The Labute approximate surface area is 75.4 Å². The summed E-state index contributed by atoms with van der Waals surface area (Å²) in [5.74, 6) is 1.28. The number of thioether (sulfide) groups is 1. The van der Waals surface area contributed by atoms with Crippen molar-refractivity contribution < 1.29 is 9.53 Å². The average Bonchev–Trinajstić information content (AvgIpc) is 2.58. The van der Waals surface area contributed by atoms with Crippen LogP contribution in [0.5, 0.6) is 0 Å². The van der Waals surface area contributed by atoms with E-state index < -0.39 is 5.97 Å². The third-order valence-electron chi connectivity index (χ3n) is 1.68. The van der Waals surface area contributed by atoms with Crippen LogP contribution in [0.4, 0.5) is 0 Å². The summed E-state index contributed by atoms with van der Waals surface area (Å²) in [6.45, 7) is 0. The minimum Gasteiger partial charge on any atom is -0.465 e. The zero-order valence-electron chi connectivity index (χ0n) is 6.79. The van der Waals surface area contributed by atoms with Crippen molar-refractivity contribution >= 4 is 17.7 Å². The number of hydrogen-bond donors (Lipinski definition) is 0. The van der Waals surface area contributed by atoms with Gasteiger partial charge in [-0.05, 0) is 17.7 Å². The Bertz CT molecular complexity index is 257. The predicted molar refractivity (Wildman–Crippen MR) is 46.6 cm³/mol. The molecule has 12 heavy (non-hydrogen) atoms. The van der Waals surface area contributed by atoms with Crippen molar-refractivity contribution in [2.45, 2.75) is 6.42 Å². The van der Waals surface area contributed by atoms with Gasteiger partial charge in [0.2, 0.25) is 0 Å². The molecule has 1 saturated heterocycles. The highest BCUT2D eigenvalue weighted by molar-refractivity contribution is 7.99. The fraction of sp³-hybridized carbons (Fsp3) is 0.500. The molecule has 0 aromatic heterocycles. The Kier molecular flexibility index (Phi) is 3.18. The summed E-state index contributed by atoms with van der Waals surface area (Å²) in [6, 6.07) is 1.89. The standard InChI is InChI=1S/C8H9NO2S/c1-11-8(10)7(4-9)6-2-3-12-5-6/h2-3,5H2,1H3. The molecule has 0 radical (unpaired) electrons. The number of carbonyl (C=O) groups excluding carboxylic acids is 1. The van der Waals surface area contributed by atoms with Gasteiger partial charge in [-0.25, -0.2) is 4.79 Å². The molecule has 0 spiro atoms. The maximum atomic E-state index is 11.0. The molecule has 1 rings (SSSR count). The first kappa shape index (κ1) is 9.14. The van der Waals surface area contributed by atoms with Crippen molar-refractivity contribution in [3.05, 3.63) is 11.1 Å². The van der Waals surface area contributed by atoms with E-state index in [1.807, 2.05) is 6.07 Å². The van der Waals surface area contributed by atoms with Gasteiger partial charge in [-0.15, -0.1) is 0 Å². The lowest BCUT2D eigenvalue weighted by Gasteiger charge is -1.99. The molecule has 0 N–H and O–H groups in total. The summed E-state index contributed by atoms with van der Waals surface area (Å²) in [4.78, 5) is 11.0. The monoisotopic (exact) mass is 183 g/mol. The molecule has 1 aliphatic rings. The maximum Gasteiger partial charge on any atom is 0.348 e. The number of rotatable bonds is 1. The minimum absolute atomic E-state index is 0.197. The van der Waals surface area contributed by atoms with Gasteiger partial charge in [-0.1, -0.05) is 0 Å². The molecule has 0 unspecified atom stereocenters. The van der Waals surface area contributed by atoms with Crippen LogP contribution in [-0.4, -0.2) is 24.6 Å². The molecule has 0 amide bonds. The van der Waals surface area contributed by atoms with E-state index in [1.165, 1.54) is 7.11 Å². The van der Waals surface area contributed by atoms with Crippen LogP contribution < -0.4 is 0 Å². The van der Waals surface area contributed by atoms with Gasteiger partial charge >= 0.3 is 5.97 Å². The van der Waals surface area contributed by atoms with E-state index in [9.17, 15) is 4.79 Å². The summed E-state index contributed by atoms with van der Waals surface area (Å²) in [6.07, 6.45) is 0.836. The Morgan fingerprint density at radius 1 is 1.75 bits per heavy atom. The summed E-state index contributed by atoms with van der Waals surface area (Å²) < 4.78 is 4.49. The lowest BCUT2D eigenvalue weighted by atomic mass is 10.1. The summed E-state index contributed by atoms with van der Waals surface area (Å²) in [5.41, 5.74) is 1.12. The highest BCUT2D eigenvalue weighted by Crippen LogP contribution is 2.25. The second kappa shape index (κ2) is 4.17. The van der Waals surface area contributed by atoms with Gasteiger partial charge in [0.1, 0.15) is 11.6 Å². The first-order chi connectivity index (χ1) is 5.79. The third kappa shape index (κ3) is 1.80. The van der Waals surface area contributed by atoms with Crippen LogP contribution in [0.25, 0.3) is 0 Å². The summed E-state index contributed by atoms with van der Waals surface area (Å²) >= 11 is 1.74. The van der Waals surface area contributed by atoms with Gasteiger partial charge in [0.05, 0.1) is 7.11 Å². The number of esters is 1. The molecule has 3 nitrogen and oxygen atoms in total. The number of hydrogen-bond acceptors (Lipinski definition) is 4. The van der Waals surface area contributed by atoms with Crippen LogP contribution in [0.15, 0.2) is 11.1 Å². The Balaban J connectivity index is 2.86. The lowest BCUT2D eigenvalue weighted by Crippen LogP contribution is -2.06. The van der Waals surface area contributed by atoms with Crippen LogP contribution in [0.2, 0.25) is 0 Å². The molecule has 0 aromatic rings. The molecular weight excluding hydrogens is 174 g/mol. The van der Waals surface area contributed by atoms with E-state index in [4.69, 9.17) is 5.26 Å². The minimum atomic E-state index is -0.505. The fourth-order valence-electron chi connectivity index (χ4n) is 1.03. The molecule has 0 saturated carbocycles. The van der Waals surface area contributed by atoms with E-state index in [1.54, 1.807) is 11.8 Å². The number of nitrogens with zero attached hydrogens (tertiary/aromatic N) is 1. The van der Waals surface area contributed by atoms with Crippen molar-refractivity contribution in [3.63, 3.8) is 0 Å². The first-order valence-corrected chi connectivity index (χ1v) is 4.73. The van der Waals surface area contributed by atoms with E-state index in [0.29, 0.717) is 0 Å². The van der Waals surface area contributed by atoms with Crippen molar-refractivity contribution in [2.24, 2.45) is 0 Å². The van der Waals surface area contributed by atoms with Crippen LogP contribution in [-0.2, 0) is 9.53 Å². The van der Waals surface area contributed by atoms with E-state index in [0.717, 1.165) is 23.5 Å². The average molecular weight is 183 g/mol. The Hall–Kier alpha value is -0.950. The smallest absolute Gasteiger partial charge is 0.348 e. The van der Waals surface area contributed by atoms with Crippen LogP contribution >= 0.6 is 11.8 Å². The number of nitriles is 1. The quantitative estimate of drug-likeness (QED) is 0.347. The molecule has 1 aliphatic heterocycles. The summed E-state index contributed by atoms with van der Waals surface area (Å²) in [7, 11) is 1.29. The van der Waals surface area contributed by atoms with E-state index in [-0.39, 0.29) is 5.57 Å². The van der Waals surface area contributed by atoms with Gasteiger partial charge in [0.25, 0.3) is 0 Å². The van der Waals surface area contributed by atoms with Gasteiger partial charge in [0.15, 0.2) is 0 Å². The number of methoxy groups -OCH3 is 1. The molecule has 64 valence electrons. The van der Waals surface area contributed by atoms with Crippen LogP contribution in [0.3, 0.4) is 0 Å². The Morgan fingerprint density at radius 2 is 2.50 bits per heavy atom. The van der Waals surface area contributed by atoms with E-state index >= 15 is 0 Å². The van der Waals surface area contributed by atoms with Crippen molar-refractivity contribution in [1.82, 2.24) is 0 Å². The number of ether oxygens (including phenoxy) is 1. The first-order valence-electron chi connectivity index (χ1n) is 3.57. The maximum absolute atomic E-state index is 11.0. The molecule has 0 aliphatic carbocycles. The van der Waals surface area contributed by atoms with Gasteiger partial charge in [-0.3, -0.25) is 0 Å². The lowest BCUT2D eigenvalue weighted by molar-refractivity contribution is -0.135. The number of carbonyl (C=O) groups is 1. The summed E-state index contributed by atoms with van der Waals surface area (Å²) in [5, 5.41) is 8.67. The molecule has 0 bridgehead atoms. The fourth-order valence-corrected chi connectivity index (χ4v) is 2.10. The predicted octanol–water partition coefficient (Wildman–Crippen LogP) is 1.12. The van der Waals surface area contributed by atoms with Crippen LogP contribution in [0, 0.1) is 11.3 Å². The zero-order chi connectivity index (χ0) is 8.97. The van der Waals surface area contributed by atoms with Crippen LogP contribution in [0.1, 0.15) is 6.42 Å². The molecule has 0 atom stereocenters. The molecule has 4 heteroatoms. The second-order valence-corrected chi connectivity index (χ2v) is 3.49. The Morgan fingerprint density at radius 3 is 2.92 bits per heavy atom. The van der Waals surface area contributed by atoms with Crippen molar-refractivity contribution in [2.75, 3.05) is 18.6 Å². The second-order valence-electron chi connectivity index (χ2n) is 2.38. The van der Waals surface area contributed by atoms with Gasteiger partial charge in [0, 0.05) is 5.75 Å². The van der Waals surface area contributed by atoms with Gasteiger partial charge in [-0.2, -0.15) is 17.0 Å². The normalized spacial score (nSPS) is 20.0. The molecule has 0 aromatic carbocycles. The SMILES string of the molecule is COC(=O)C(C#N)=C1CCSC1. The molecule has 1 heterocycles. The van der Waals surface area contributed by atoms with Gasteiger partial charge < -0.3 is 4.74 Å². The van der Waals surface area contributed by atoms with Crippen molar-refractivity contribution in [1.29, 1.82) is 5.26 Å². The topological polar surface area (TPSA) is 50.1 Å². The highest BCUT2D eigenvalue weighted by Gasteiger charge is 2.18. The third-order valence-corrected chi connectivity index (χ3v) is 2.72.